The summed E-state index contributed by atoms with van der Waals surface area (Å²) in [6.45, 7) is 6.12. The van der Waals surface area contributed by atoms with Crippen molar-refractivity contribution in [3.05, 3.63) is 52.0 Å². The summed E-state index contributed by atoms with van der Waals surface area (Å²) in [5, 5.41) is 3.70. The van der Waals surface area contributed by atoms with Crippen molar-refractivity contribution in [3.63, 3.8) is 0 Å². The van der Waals surface area contributed by atoms with E-state index in [0.29, 0.717) is 40.4 Å². The van der Waals surface area contributed by atoms with Crippen LogP contribution >= 0.6 is 23.2 Å². The molecule has 0 bridgehead atoms. The van der Waals surface area contributed by atoms with Crippen molar-refractivity contribution in [2.45, 2.75) is 20.4 Å². The molecule has 0 aromatic heterocycles. The molecular formula is C20H24Cl2N2O3. The number of amides is 1. The molecule has 2 aromatic carbocycles. The summed E-state index contributed by atoms with van der Waals surface area (Å²) in [5.74, 6) is 1.28. The summed E-state index contributed by atoms with van der Waals surface area (Å²) in [6, 6.07) is 10.8. The van der Waals surface area contributed by atoms with Crippen molar-refractivity contribution in [3.8, 4) is 11.5 Å². The van der Waals surface area contributed by atoms with Crippen LogP contribution in [0.15, 0.2) is 36.4 Å². The fraction of sp³-hybridized carbons (Fsp3) is 0.350. The van der Waals surface area contributed by atoms with Crippen molar-refractivity contribution in [1.82, 2.24) is 4.90 Å². The van der Waals surface area contributed by atoms with Crippen LogP contribution < -0.4 is 14.8 Å². The lowest BCUT2D eigenvalue weighted by Crippen LogP contribution is -2.32. The third-order valence-electron chi connectivity index (χ3n) is 3.95. The van der Waals surface area contributed by atoms with Gasteiger partial charge in [-0.25, -0.2) is 0 Å². The number of benzene rings is 2. The van der Waals surface area contributed by atoms with E-state index >= 15 is 0 Å². The van der Waals surface area contributed by atoms with Crippen molar-refractivity contribution < 1.29 is 14.3 Å². The highest BCUT2D eigenvalue weighted by Gasteiger charge is 2.13. The minimum Gasteiger partial charge on any atom is -0.493 e. The zero-order valence-corrected chi connectivity index (χ0v) is 17.2. The summed E-state index contributed by atoms with van der Waals surface area (Å²) < 4.78 is 10.9. The number of rotatable bonds is 9. The van der Waals surface area contributed by atoms with Crippen LogP contribution in [0, 0.1) is 0 Å². The van der Waals surface area contributed by atoms with Gasteiger partial charge in [0.2, 0.25) is 5.91 Å². The van der Waals surface area contributed by atoms with Crippen molar-refractivity contribution >= 4 is 34.8 Å². The minimum atomic E-state index is -0.117. The lowest BCUT2D eigenvalue weighted by Gasteiger charge is -2.21. The van der Waals surface area contributed by atoms with Crippen molar-refractivity contribution in [1.29, 1.82) is 0 Å². The van der Waals surface area contributed by atoms with E-state index in [0.717, 1.165) is 12.1 Å². The average molecular weight is 411 g/mol. The predicted octanol–water partition coefficient (Wildman–Crippen LogP) is 4.86. The molecule has 7 heteroatoms. The second kappa shape index (κ2) is 10.4. The van der Waals surface area contributed by atoms with Gasteiger partial charge in [-0.3, -0.25) is 9.69 Å². The Morgan fingerprint density at radius 1 is 1.07 bits per heavy atom. The molecule has 0 spiro atoms. The van der Waals surface area contributed by atoms with E-state index < -0.39 is 0 Å². The topological polar surface area (TPSA) is 50.8 Å². The zero-order valence-electron chi connectivity index (χ0n) is 15.7. The second-order valence-corrected chi connectivity index (χ2v) is 6.71. The SMILES string of the molecule is CCOc1ccc(CN(CC)CC(=O)Nc2ccc(Cl)c(Cl)c2)cc1OC. The fourth-order valence-electron chi connectivity index (χ4n) is 2.60. The molecule has 0 aliphatic rings. The van der Waals surface area contributed by atoms with Gasteiger partial charge in [-0.2, -0.15) is 0 Å². The summed E-state index contributed by atoms with van der Waals surface area (Å²) in [5.41, 5.74) is 1.66. The number of hydrogen-bond acceptors (Lipinski definition) is 4. The van der Waals surface area contributed by atoms with Crippen LogP contribution in [0.4, 0.5) is 5.69 Å². The molecular weight excluding hydrogens is 387 g/mol. The van der Waals surface area contributed by atoms with Crippen molar-refractivity contribution in [2.24, 2.45) is 0 Å². The number of nitrogens with one attached hydrogen (secondary N) is 1. The molecule has 146 valence electrons. The number of halogens is 2. The first-order valence-electron chi connectivity index (χ1n) is 8.73. The molecule has 0 saturated carbocycles. The molecule has 2 rings (SSSR count). The fourth-order valence-corrected chi connectivity index (χ4v) is 2.90. The second-order valence-electron chi connectivity index (χ2n) is 5.90. The van der Waals surface area contributed by atoms with Crippen LogP contribution in [0.25, 0.3) is 0 Å². The molecule has 1 amide bonds. The number of hydrogen-bond donors (Lipinski definition) is 1. The van der Waals surface area contributed by atoms with Gasteiger partial charge < -0.3 is 14.8 Å². The molecule has 0 atom stereocenters. The molecule has 27 heavy (non-hydrogen) atoms. The average Bonchev–Trinajstić information content (AvgIpc) is 2.65. The van der Waals surface area contributed by atoms with Gasteiger partial charge in [0, 0.05) is 12.2 Å². The number of methoxy groups -OCH3 is 1. The van der Waals surface area contributed by atoms with E-state index in [2.05, 4.69) is 5.32 Å². The van der Waals surface area contributed by atoms with Crippen LogP contribution in [0.5, 0.6) is 11.5 Å². The van der Waals surface area contributed by atoms with E-state index in [1.54, 1.807) is 25.3 Å². The Morgan fingerprint density at radius 2 is 1.85 bits per heavy atom. The van der Waals surface area contributed by atoms with E-state index in [1.807, 2.05) is 36.9 Å². The third-order valence-corrected chi connectivity index (χ3v) is 4.69. The Bertz CT molecular complexity index is 784. The predicted molar refractivity (Wildman–Crippen MR) is 110 cm³/mol. The van der Waals surface area contributed by atoms with E-state index in [4.69, 9.17) is 32.7 Å². The van der Waals surface area contributed by atoms with Crippen LogP contribution in [-0.2, 0) is 11.3 Å². The number of ether oxygens (including phenoxy) is 2. The van der Waals surface area contributed by atoms with Gasteiger partial charge in [0.15, 0.2) is 11.5 Å². The minimum absolute atomic E-state index is 0.117. The molecule has 0 aliphatic carbocycles. The van der Waals surface area contributed by atoms with Gasteiger partial charge >= 0.3 is 0 Å². The van der Waals surface area contributed by atoms with Gasteiger partial charge in [-0.05, 0) is 49.4 Å². The lowest BCUT2D eigenvalue weighted by atomic mass is 10.2. The number of anilines is 1. The van der Waals surface area contributed by atoms with E-state index in [1.165, 1.54) is 0 Å². The zero-order chi connectivity index (χ0) is 19.8. The summed E-state index contributed by atoms with van der Waals surface area (Å²) in [7, 11) is 1.61. The monoisotopic (exact) mass is 410 g/mol. The van der Waals surface area contributed by atoms with Gasteiger partial charge in [-0.15, -0.1) is 0 Å². The number of carbonyl (C=O) groups is 1. The first-order chi connectivity index (χ1) is 13.0. The smallest absolute Gasteiger partial charge is 0.238 e. The van der Waals surface area contributed by atoms with Crippen LogP contribution in [-0.4, -0.2) is 37.6 Å². The highest BCUT2D eigenvalue weighted by molar-refractivity contribution is 6.42. The molecule has 0 heterocycles. The molecule has 2 aromatic rings. The maximum Gasteiger partial charge on any atom is 0.238 e. The maximum absolute atomic E-state index is 12.4. The van der Waals surface area contributed by atoms with Crippen molar-refractivity contribution in [2.75, 3.05) is 32.1 Å². The third kappa shape index (κ3) is 6.31. The molecule has 0 unspecified atom stereocenters. The number of carbonyl (C=O) groups excluding carboxylic acids is 1. The highest BCUT2D eigenvalue weighted by atomic mass is 35.5. The Morgan fingerprint density at radius 3 is 2.48 bits per heavy atom. The Labute approximate surface area is 170 Å². The highest BCUT2D eigenvalue weighted by Crippen LogP contribution is 2.28. The molecule has 5 nitrogen and oxygen atoms in total. The van der Waals surface area contributed by atoms with E-state index in [-0.39, 0.29) is 12.5 Å². The maximum atomic E-state index is 12.4. The molecule has 0 saturated heterocycles. The molecule has 1 N–H and O–H groups in total. The largest absolute Gasteiger partial charge is 0.493 e. The first-order valence-corrected chi connectivity index (χ1v) is 9.49. The van der Waals surface area contributed by atoms with Crippen LogP contribution in [0.2, 0.25) is 10.0 Å². The Kier molecular flexibility index (Phi) is 8.23. The van der Waals surface area contributed by atoms with Gasteiger partial charge in [0.25, 0.3) is 0 Å². The van der Waals surface area contributed by atoms with Crippen LogP contribution in [0.1, 0.15) is 19.4 Å². The number of likely N-dealkylation sites (N-methyl/N-ethyl adjacent to an activating group) is 1. The van der Waals surface area contributed by atoms with Gasteiger partial charge in [-0.1, -0.05) is 36.2 Å². The van der Waals surface area contributed by atoms with Gasteiger partial charge in [0.1, 0.15) is 0 Å². The molecule has 0 radical (unpaired) electrons. The van der Waals surface area contributed by atoms with Gasteiger partial charge in [0.05, 0.1) is 30.3 Å². The lowest BCUT2D eigenvalue weighted by molar-refractivity contribution is -0.117. The van der Waals surface area contributed by atoms with E-state index in [9.17, 15) is 4.79 Å². The Hall–Kier alpha value is -1.95. The first kappa shape index (κ1) is 21.4. The Balaban J connectivity index is 2.00. The standard InChI is InChI=1S/C20H24Cl2N2O3/c1-4-24(12-14-6-9-18(27-5-2)19(10-14)26-3)13-20(25)23-15-7-8-16(21)17(22)11-15/h6-11H,4-5,12-13H2,1-3H3,(H,23,25). The number of nitrogens with zero attached hydrogens (tertiary/aromatic N) is 1. The summed E-state index contributed by atoms with van der Waals surface area (Å²) in [6.07, 6.45) is 0. The molecule has 0 fully saturated rings. The quantitative estimate of drug-likeness (QED) is 0.640. The summed E-state index contributed by atoms with van der Waals surface area (Å²) >= 11 is 11.9. The normalized spacial score (nSPS) is 10.7. The molecule has 0 aliphatic heterocycles. The van der Waals surface area contributed by atoms with Crippen LogP contribution in [0.3, 0.4) is 0 Å². The summed E-state index contributed by atoms with van der Waals surface area (Å²) in [4.78, 5) is 14.4.